The average Bonchev–Trinajstić information content (AvgIpc) is 2.58. The molecule has 0 spiro atoms. The molecular formula is C24H41F. The summed E-state index contributed by atoms with van der Waals surface area (Å²) in [4.78, 5) is 0. The van der Waals surface area contributed by atoms with Crippen LogP contribution in [0.1, 0.15) is 117 Å². The molecule has 0 N–H and O–H groups in total. The van der Waals surface area contributed by atoms with Gasteiger partial charge in [0.25, 0.3) is 0 Å². The summed E-state index contributed by atoms with van der Waals surface area (Å²) in [7, 11) is 0. The third kappa shape index (κ3) is 6.57. The Labute approximate surface area is 156 Å². The molecular weight excluding hydrogens is 307 g/mol. The van der Waals surface area contributed by atoms with E-state index in [4.69, 9.17) is 0 Å². The summed E-state index contributed by atoms with van der Waals surface area (Å²) >= 11 is 0. The van der Waals surface area contributed by atoms with Gasteiger partial charge in [0.15, 0.2) is 0 Å². The average molecular weight is 349 g/mol. The van der Waals surface area contributed by atoms with Crippen LogP contribution >= 0.6 is 0 Å². The molecule has 2 unspecified atom stereocenters. The Morgan fingerprint density at radius 1 is 0.760 bits per heavy atom. The fraction of sp³-hybridized carbons (Fsp3) is 0.833. The van der Waals surface area contributed by atoms with Gasteiger partial charge in [-0.05, 0) is 62.0 Å². The second-order valence-corrected chi connectivity index (χ2v) is 8.42. The Balaban J connectivity index is 2.07. The maximum Gasteiger partial charge on any atom is 0.122 e. The van der Waals surface area contributed by atoms with Crippen LogP contribution < -0.4 is 0 Å². The SMILES string of the molecule is CCCCCCC1=CC(F)=C(CCCCCC)C2CCCCCCC12. The zero-order valence-electron chi connectivity index (χ0n) is 16.9. The zero-order valence-corrected chi connectivity index (χ0v) is 16.9. The highest BCUT2D eigenvalue weighted by Gasteiger charge is 2.33. The van der Waals surface area contributed by atoms with Crippen molar-refractivity contribution in [2.24, 2.45) is 11.8 Å². The zero-order chi connectivity index (χ0) is 17.9. The van der Waals surface area contributed by atoms with Crippen LogP contribution in [0.2, 0.25) is 0 Å². The second-order valence-electron chi connectivity index (χ2n) is 8.42. The molecule has 2 aliphatic carbocycles. The van der Waals surface area contributed by atoms with Gasteiger partial charge < -0.3 is 0 Å². The minimum Gasteiger partial charge on any atom is -0.207 e. The Bertz CT molecular complexity index is 431. The topological polar surface area (TPSA) is 0 Å². The molecule has 0 saturated heterocycles. The van der Waals surface area contributed by atoms with Crippen molar-refractivity contribution in [3.8, 4) is 0 Å². The highest BCUT2D eigenvalue weighted by Crippen LogP contribution is 2.45. The van der Waals surface area contributed by atoms with Crippen molar-refractivity contribution in [1.29, 1.82) is 0 Å². The molecule has 0 aliphatic heterocycles. The predicted octanol–water partition coefficient (Wildman–Crippen LogP) is 8.68. The molecule has 1 heteroatoms. The van der Waals surface area contributed by atoms with Crippen molar-refractivity contribution in [2.45, 2.75) is 117 Å². The maximum absolute atomic E-state index is 15.0. The Morgan fingerprint density at radius 2 is 1.36 bits per heavy atom. The van der Waals surface area contributed by atoms with Gasteiger partial charge in [0.1, 0.15) is 5.83 Å². The van der Waals surface area contributed by atoms with Crippen LogP contribution in [-0.4, -0.2) is 0 Å². The van der Waals surface area contributed by atoms with Gasteiger partial charge in [0, 0.05) is 0 Å². The standard InChI is InChI=1S/C24H41F/c1-3-5-7-11-15-20-19-24(25)23(18-12-8-6-4-2)22-17-14-10-9-13-16-21(20)22/h19,21-22H,3-18H2,1-2H3. The molecule has 2 aliphatic rings. The van der Waals surface area contributed by atoms with Gasteiger partial charge in [-0.3, -0.25) is 0 Å². The summed E-state index contributed by atoms with van der Waals surface area (Å²) in [5.74, 6) is 1.33. The van der Waals surface area contributed by atoms with Gasteiger partial charge in [0.05, 0.1) is 0 Å². The summed E-state index contributed by atoms with van der Waals surface area (Å²) in [5.41, 5.74) is 2.65. The highest BCUT2D eigenvalue weighted by molar-refractivity contribution is 5.34. The summed E-state index contributed by atoms with van der Waals surface area (Å²) in [6.07, 6.45) is 22.2. The molecule has 0 heterocycles. The number of hydrogen-bond donors (Lipinski definition) is 0. The minimum atomic E-state index is 0.156. The molecule has 0 aromatic rings. The van der Waals surface area contributed by atoms with E-state index in [0.717, 1.165) is 12.8 Å². The summed E-state index contributed by atoms with van der Waals surface area (Å²) in [6, 6.07) is 0. The van der Waals surface area contributed by atoms with Crippen LogP contribution in [0.5, 0.6) is 0 Å². The molecule has 0 radical (unpaired) electrons. The lowest BCUT2D eigenvalue weighted by molar-refractivity contribution is 0.305. The van der Waals surface area contributed by atoms with Gasteiger partial charge in [-0.1, -0.05) is 83.6 Å². The Morgan fingerprint density at radius 3 is 2.00 bits per heavy atom. The second kappa shape index (κ2) is 11.9. The molecule has 0 aromatic heterocycles. The molecule has 1 fully saturated rings. The predicted molar refractivity (Wildman–Crippen MR) is 108 cm³/mol. The third-order valence-corrected chi connectivity index (χ3v) is 6.43. The lowest BCUT2D eigenvalue weighted by Crippen LogP contribution is -2.25. The van der Waals surface area contributed by atoms with E-state index >= 15 is 0 Å². The van der Waals surface area contributed by atoms with E-state index in [2.05, 4.69) is 13.8 Å². The normalized spacial score (nSPS) is 24.5. The van der Waals surface area contributed by atoms with Crippen molar-refractivity contribution < 1.29 is 4.39 Å². The number of unbranched alkanes of at least 4 members (excludes halogenated alkanes) is 6. The highest BCUT2D eigenvalue weighted by atomic mass is 19.1. The number of hydrogen-bond acceptors (Lipinski definition) is 0. The molecule has 2 atom stereocenters. The molecule has 0 bridgehead atoms. The first-order valence-corrected chi connectivity index (χ1v) is 11.4. The van der Waals surface area contributed by atoms with Gasteiger partial charge in [-0.2, -0.15) is 0 Å². The number of rotatable bonds is 10. The fourth-order valence-corrected chi connectivity index (χ4v) is 4.95. The van der Waals surface area contributed by atoms with Crippen LogP contribution in [0.25, 0.3) is 0 Å². The van der Waals surface area contributed by atoms with E-state index in [-0.39, 0.29) is 5.83 Å². The molecule has 0 nitrogen and oxygen atoms in total. The maximum atomic E-state index is 15.0. The van der Waals surface area contributed by atoms with Crippen LogP contribution in [-0.2, 0) is 0 Å². The number of fused-ring (bicyclic) bond motifs is 1. The van der Waals surface area contributed by atoms with E-state index < -0.39 is 0 Å². The molecule has 0 amide bonds. The molecule has 25 heavy (non-hydrogen) atoms. The van der Waals surface area contributed by atoms with E-state index in [1.807, 2.05) is 6.08 Å². The van der Waals surface area contributed by atoms with Gasteiger partial charge in [0.2, 0.25) is 0 Å². The van der Waals surface area contributed by atoms with Crippen LogP contribution in [0.4, 0.5) is 4.39 Å². The van der Waals surface area contributed by atoms with Crippen LogP contribution in [0.15, 0.2) is 23.0 Å². The molecule has 2 rings (SSSR count). The van der Waals surface area contributed by atoms with Crippen molar-refractivity contribution >= 4 is 0 Å². The van der Waals surface area contributed by atoms with Gasteiger partial charge >= 0.3 is 0 Å². The largest absolute Gasteiger partial charge is 0.207 e. The molecule has 144 valence electrons. The lowest BCUT2D eigenvalue weighted by atomic mass is 9.69. The van der Waals surface area contributed by atoms with E-state index in [1.54, 1.807) is 0 Å². The van der Waals surface area contributed by atoms with Crippen LogP contribution in [0.3, 0.4) is 0 Å². The van der Waals surface area contributed by atoms with Crippen LogP contribution in [0, 0.1) is 11.8 Å². The quantitative estimate of drug-likeness (QED) is 0.346. The first kappa shape index (κ1) is 20.7. The summed E-state index contributed by atoms with van der Waals surface area (Å²) < 4.78 is 15.0. The first-order valence-electron chi connectivity index (χ1n) is 11.4. The smallest absolute Gasteiger partial charge is 0.122 e. The van der Waals surface area contributed by atoms with E-state index in [1.165, 1.54) is 101 Å². The van der Waals surface area contributed by atoms with Crippen molar-refractivity contribution in [3.05, 3.63) is 23.0 Å². The molecule has 1 saturated carbocycles. The van der Waals surface area contributed by atoms with Crippen molar-refractivity contribution in [3.63, 3.8) is 0 Å². The van der Waals surface area contributed by atoms with Gasteiger partial charge in [-0.25, -0.2) is 4.39 Å². The van der Waals surface area contributed by atoms with Crippen molar-refractivity contribution in [1.82, 2.24) is 0 Å². The summed E-state index contributed by atoms with van der Waals surface area (Å²) in [5, 5.41) is 0. The first-order chi connectivity index (χ1) is 12.3. The van der Waals surface area contributed by atoms with E-state index in [0.29, 0.717) is 11.8 Å². The lowest BCUT2D eigenvalue weighted by Gasteiger charge is -2.36. The fourth-order valence-electron chi connectivity index (χ4n) is 4.95. The number of allylic oxidation sites excluding steroid dienone is 4. The van der Waals surface area contributed by atoms with Crippen molar-refractivity contribution in [2.75, 3.05) is 0 Å². The molecule has 0 aromatic carbocycles. The Hall–Kier alpha value is -0.590. The number of halogens is 1. The third-order valence-electron chi connectivity index (χ3n) is 6.43. The summed E-state index contributed by atoms with van der Waals surface area (Å²) in [6.45, 7) is 4.51. The van der Waals surface area contributed by atoms with E-state index in [9.17, 15) is 4.39 Å². The van der Waals surface area contributed by atoms with Gasteiger partial charge in [-0.15, -0.1) is 0 Å². The Kier molecular flexibility index (Phi) is 9.88. The minimum absolute atomic E-state index is 0.156. The monoisotopic (exact) mass is 348 g/mol.